The molecule has 0 aliphatic carbocycles. The standard InChI is InChI=1S/C17H14N4OS/c1-11-16-17(22)20(12-7-9-13(23-2)10-8-12)19-21(16)15-6-4-3-5-14(15)18-11/h3-10H,1-2H3/p+1. The highest BCUT2D eigenvalue weighted by Gasteiger charge is 2.25. The predicted molar refractivity (Wildman–Crippen MR) is 90.2 cm³/mol. The van der Waals surface area contributed by atoms with Gasteiger partial charge >= 0.3 is 5.88 Å². The number of aryl methyl sites for hydroxylation is 1. The number of aromatic hydroxyl groups is 1. The zero-order valence-electron chi connectivity index (χ0n) is 12.8. The van der Waals surface area contributed by atoms with Crippen molar-refractivity contribution in [1.29, 1.82) is 0 Å². The maximum atomic E-state index is 10.6. The van der Waals surface area contributed by atoms with Crippen molar-refractivity contribution in [3.8, 4) is 11.6 Å². The summed E-state index contributed by atoms with van der Waals surface area (Å²) < 4.78 is 3.29. The van der Waals surface area contributed by atoms with Crippen LogP contribution in [0.15, 0.2) is 53.4 Å². The van der Waals surface area contributed by atoms with E-state index in [-0.39, 0.29) is 5.88 Å². The molecule has 2 aromatic carbocycles. The predicted octanol–water partition coefficient (Wildman–Crippen LogP) is 2.90. The first-order valence-electron chi connectivity index (χ1n) is 7.23. The summed E-state index contributed by atoms with van der Waals surface area (Å²) in [4.78, 5) is 5.73. The molecular weight excluding hydrogens is 308 g/mol. The lowest BCUT2D eigenvalue weighted by atomic mass is 10.2. The largest absolute Gasteiger partial charge is 0.473 e. The summed E-state index contributed by atoms with van der Waals surface area (Å²) in [7, 11) is 0. The average molecular weight is 323 g/mol. The molecule has 0 unspecified atom stereocenters. The summed E-state index contributed by atoms with van der Waals surface area (Å²) in [6.45, 7) is 1.88. The molecule has 0 amide bonds. The van der Waals surface area contributed by atoms with Gasteiger partial charge < -0.3 is 5.11 Å². The third kappa shape index (κ3) is 2.14. The van der Waals surface area contributed by atoms with Gasteiger partial charge in [0.2, 0.25) is 0 Å². The Bertz CT molecular complexity index is 1020. The second-order valence-corrected chi connectivity index (χ2v) is 6.15. The Hall–Kier alpha value is -2.60. The molecule has 2 heterocycles. The van der Waals surface area contributed by atoms with Crippen LogP contribution in [0.1, 0.15) is 5.69 Å². The monoisotopic (exact) mass is 323 g/mol. The maximum Gasteiger partial charge on any atom is 0.361 e. The first-order valence-corrected chi connectivity index (χ1v) is 8.45. The Morgan fingerprint density at radius 2 is 1.83 bits per heavy atom. The molecule has 0 spiro atoms. The molecule has 5 nitrogen and oxygen atoms in total. The third-order valence-electron chi connectivity index (χ3n) is 3.86. The van der Waals surface area contributed by atoms with Gasteiger partial charge in [-0.3, -0.25) is 0 Å². The van der Waals surface area contributed by atoms with Crippen molar-refractivity contribution >= 4 is 28.3 Å². The van der Waals surface area contributed by atoms with Gasteiger partial charge in [-0.2, -0.15) is 0 Å². The first-order chi connectivity index (χ1) is 11.2. The highest BCUT2D eigenvalue weighted by molar-refractivity contribution is 7.98. The highest BCUT2D eigenvalue weighted by atomic mass is 32.2. The Morgan fingerprint density at radius 1 is 1.09 bits per heavy atom. The number of fused-ring (bicyclic) bond motifs is 3. The molecule has 4 aromatic rings. The Morgan fingerprint density at radius 3 is 2.57 bits per heavy atom. The fourth-order valence-electron chi connectivity index (χ4n) is 2.72. The van der Waals surface area contributed by atoms with Crippen molar-refractivity contribution in [2.45, 2.75) is 11.8 Å². The number of aromatic nitrogens is 4. The van der Waals surface area contributed by atoms with Crippen molar-refractivity contribution in [1.82, 2.24) is 14.9 Å². The van der Waals surface area contributed by atoms with E-state index in [2.05, 4.69) is 10.2 Å². The minimum absolute atomic E-state index is 0.0951. The lowest BCUT2D eigenvalue weighted by Crippen LogP contribution is -2.27. The summed E-state index contributed by atoms with van der Waals surface area (Å²) in [5, 5.41) is 15.2. The Balaban J connectivity index is 2.03. The van der Waals surface area contributed by atoms with E-state index in [1.165, 1.54) is 4.90 Å². The van der Waals surface area contributed by atoms with Gasteiger partial charge in [-0.25, -0.2) is 4.98 Å². The zero-order chi connectivity index (χ0) is 16.0. The molecule has 114 valence electrons. The van der Waals surface area contributed by atoms with Crippen LogP contribution < -0.4 is 4.52 Å². The van der Waals surface area contributed by atoms with Crippen LogP contribution in [-0.2, 0) is 0 Å². The van der Waals surface area contributed by atoms with Crippen LogP contribution in [0.4, 0.5) is 0 Å². The van der Waals surface area contributed by atoms with Gasteiger partial charge in [0.1, 0.15) is 10.7 Å². The summed E-state index contributed by atoms with van der Waals surface area (Å²) in [6, 6.07) is 15.7. The van der Waals surface area contributed by atoms with E-state index >= 15 is 0 Å². The van der Waals surface area contributed by atoms with E-state index in [0.717, 1.165) is 22.4 Å². The minimum Gasteiger partial charge on any atom is -0.473 e. The molecule has 0 bridgehead atoms. The molecule has 0 radical (unpaired) electrons. The van der Waals surface area contributed by atoms with Gasteiger partial charge in [-0.15, -0.1) is 11.8 Å². The van der Waals surface area contributed by atoms with E-state index in [0.29, 0.717) is 5.52 Å². The van der Waals surface area contributed by atoms with Crippen LogP contribution in [0.3, 0.4) is 0 Å². The highest BCUT2D eigenvalue weighted by Crippen LogP contribution is 2.24. The van der Waals surface area contributed by atoms with Gasteiger partial charge in [-0.05, 0) is 49.6 Å². The summed E-state index contributed by atoms with van der Waals surface area (Å²) >= 11 is 1.68. The van der Waals surface area contributed by atoms with E-state index < -0.39 is 0 Å². The fourth-order valence-corrected chi connectivity index (χ4v) is 3.13. The number of benzene rings is 2. The fraction of sp³-hybridized carbons (Fsp3) is 0.118. The van der Waals surface area contributed by atoms with Crippen molar-refractivity contribution in [2.75, 3.05) is 6.26 Å². The molecule has 0 aliphatic rings. The molecular formula is C17H15N4OS+. The van der Waals surface area contributed by atoms with Gasteiger partial charge in [0.05, 0.1) is 5.69 Å². The summed E-state index contributed by atoms with van der Waals surface area (Å²) in [5.74, 6) is 0.0951. The Labute approximate surface area is 137 Å². The Kier molecular flexibility index (Phi) is 3.20. The molecule has 2 aromatic heterocycles. The van der Waals surface area contributed by atoms with Crippen LogP contribution in [0.2, 0.25) is 0 Å². The molecule has 4 rings (SSSR count). The molecule has 0 fully saturated rings. The number of hydrogen-bond donors (Lipinski definition) is 1. The number of para-hydroxylation sites is 2. The molecule has 0 saturated heterocycles. The molecule has 0 aliphatic heterocycles. The normalized spacial score (nSPS) is 11.4. The number of thioether (sulfide) groups is 1. The smallest absolute Gasteiger partial charge is 0.361 e. The van der Waals surface area contributed by atoms with Crippen molar-refractivity contribution < 1.29 is 9.62 Å². The van der Waals surface area contributed by atoms with E-state index in [4.69, 9.17) is 0 Å². The van der Waals surface area contributed by atoms with Crippen molar-refractivity contribution in [3.05, 3.63) is 54.2 Å². The molecule has 0 atom stereocenters. The van der Waals surface area contributed by atoms with Crippen LogP contribution in [0, 0.1) is 6.92 Å². The van der Waals surface area contributed by atoms with Gasteiger partial charge in [0, 0.05) is 4.90 Å². The van der Waals surface area contributed by atoms with Crippen molar-refractivity contribution in [3.63, 3.8) is 0 Å². The molecule has 23 heavy (non-hydrogen) atoms. The van der Waals surface area contributed by atoms with E-state index in [1.54, 1.807) is 21.0 Å². The molecule has 0 saturated carbocycles. The zero-order valence-corrected chi connectivity index (χ0v) is 13.6. The lowest BCUT2D eigenvalue weighted by Gasteiger charge is -1.97. The summed E-state index contributed by atoms with van der Waals surface area (Å²) in [6.07, 6.45) is 2.03. The SMILES string of the molecule is CSc1ccc(-n2n[n+]3c(c(C)nc4ccccc43)c2O)cc1. The van der Waals surface area contributed by atoms with Crippen LogP contribution in [0.25, 0.3) is 22.2 Å². The second-order valence-electron chi connectivity index (χ2n) is 5.27. The van der Waals surface area contributed by atoms with Crippen LogP contribution >= 0.6 is 11.8 Å². The van der Waals surface area contributed by atoms with E-state index in [9.17, 15) is 5.11 Å². The maximum absolute atomic E-state index is 10.6. The van der Waals surface area contributed by atoms with Crippen LogP contribution in [0.5, 0.6) is 5.88 Å². The summed E-state index contributed by atoms with van der Waals surface area (Å²) in [5.41, 5.74) is 3.89. The molecule has 6 heteroatoms. The van der Waals surface area contributed by atoms with Gasteiger partial charge in [0.15, 0.2) is 11.2 Å². The lowest BCUT2D eigenvalue weighted by molar-refractivity contribution is -0.556. The van der Waals surface area contributed by atoms with Crippen LogP contribution in [-0.4, -0.2) is 26.2 Å². The minimum atomic E-state index is 0.0951. The first kappa shape index (κ1) is 14.0. The number of rotatable bonds is 2. The third-order valence-corrected chi connectivity index (χ3v) is 4.60. The number of hydrogen-bond acceptors (Lipinski definition) is 4. The van der Waals surface area contributed by atoms with Crippen molar-refractivity contribution in [2.24, 2.45) is 0 Å². The van der Waals surface area contributed by atoms with Gasteiger partial charge in [0.25, 0.3) is 5.52 Å². The van der Waals surface area contributed by atoms with Gasteiger partial charge in [-0.1, -0.05) is 21.3 Å². The number of nitrogens with zero attached hydrogens (tertiary/aromatic N) is 4. The second kappa shape index (κ2) is 5.24. The quantitative estimate of drug-likeness (QED) is 0.455. The molecule has 1 N–H and O–H groups in total. The average Bonchev–Trinajstić information content (AvgIpc) is 2.93. The van der Waals surface area contributed by atoms with E-state index in [1.807, 2.05) is 61.7 Å². The topological polar surface area (TPSA) is 55.0 Å².